The van der Waals surface area contributed by atoms with Gasteiger partial charge in [0.15, 0.2) is 29.2 Å². The van der Waals surface area contributed by atoms with E-state index in [1.807, 2.05) is 0 Å². The molecule has 6 aromatic heterocycles. The van der Waals surface area contributed by atoms with Gasteiger partial charge in [-0.2, -0.15) is 0 Å². The van der Waals surface area contributed by atoms with Gasteiger partial charge in [-0.1, -0.05) is 6.58 Å². The predicted octanol–water partition coefficient (Wildman–Crippen LogP) is 0.284. The number of hydrogen-bond donors (Lipinski definition) is 12. The number of hydrogen-bond acceptors (Lipinski definition) is 15. The van der Waals surface area contributed by atoms with Gasteiger partial charge in [0, 0.05) is 147 Å². The summed E-state index contributed by atoms with van der Waals surface area (Å²) >= 11 is 2.09. The van der Waals surface area contributed by atoms with E-state index >= 15 is 0 Å². The number of guanidine groups is 1. The van der Waals surface area contributed by atoms with Crippen LogP contribution in [0.5, 0.6) is 0 Å². The minimum absolute atomic E-state index is 0.00257. The number of aryl methyl sites for hydroxylation is 6. The molecule has 84 heavy (non-hydrogen) atoms. The largest absolute Gasteiger partial charge is 0.370 e. The van der Waals surface area contributed by atoms with Crippen molar-refractivity contribution in [3.05, 3.63) is 112 Å². The van der Waals surface area contributed by atoms with Gasteiger partial charge in [0.25, 0.3) is 35.4 Å². The lowest BCUT2D eigenvalue weighted by Gasteiger charge is -2.07. The van der Waals surface area contributed by atoms with Crippen LogP contribution in [0.2, 0.25) is 0 Å². The first-order chi connectivity index (χ1) is 39.9. The molecule has 0 aliphatic heterocycles. The zero-order valence-corrected chi connectivity index (χ0v) is 49.0. The molecule has 0 aliphatic rings. The second kappa shape index (κ2) is 29.7. The number of nitrogens with one attached hydrogen (secondary N) is 10. The van der Waals surface area contributed by atoms with E-state index in [4.69, 9.17) is 11.5 Å². The molecule has 14 N–H and O–H groups in total. The van der Waals surface area contributed by atoms with Gasteiger partial charge in [0.1, 0.15) is 11.4 Å². The summed E-state index contributed by atoms with van der Waals surface area (Å²) in [5, 5.41) is 27.3. The van der Waals surface area contributed by atoms with Crippen LogP contribution in [-0.4, -0.2) is 146 Å². The standard InChI is InChI=1S/C51H66IN23O9/c1-29(61-50(84)44-67-36(27-75(44)7)65-40(78)12-16-58-45(79)33-22-32(25-71(33)3)63-49(83)41-56-18-19-70(41)2)20-30(52)23-55-13-8-10-38(76)64-35-26-73(5)43(66-35)48(82)59-17-11-39(77)62-31-21-34(72(4)24-31)46(80)69-37-28-74(6)42(68-37)47(81)57-14-9-15-60-51(53)54/h18-22,24-28,55H,1,8-17,23H2,2-7H3,(H,57,81)(H,58,79)(H,59,82)(H,61,84)(H,62,77)(H,63,83)(H,64,76)(H,65,78)(H,69,80)(H4,53,54,60)/b30-20-. The van der Waals surface area contributed by atoms with E-state index in [0.29, 0.717) is 50.4 Å². The van der Waals surface area contributed by atoms with Crippen molar-refractivity contribution in [2.24, 2.45) is 58.7 Å². The summed E-state index contributed by atoms with van der Waals surface area (Å²) in [4.78, 5) is 136. The van der Waals surface area contributed by atoms with Gasteiger partial charge in [0.2, 0.25) is 35.2 Å². The monoisotopic (exact) mass is 1270 g/mol. The first-order valence-electron chi connectivity index (χ1n) is 25.8. The van der Waals surface area contributed by atoms with Gasteiger partial charge in [-0.15, -0.1) is 0 Å². The molecule has 0 atom stereocenters. The zero-order chi connectivity index (χ0) is 61.2. The molecule has 0 bridgehead atoms. The molecular weight excluding hydrogens is 1210 g/mol. The van der Waals surface area contributed by atoms with Gasteiger partial charge in [-0.3, -0.25) is 48.1 Å². The number of rotatable bonds is 29. The average Bonchev–Trinajstić information content (AvgIpc) is 4.35. The number of nitrogens with zero attached hydrogens (tertiary/aromatic N) is 11. The maximum Gasteiger partial charge on any atom is 0.291 e. The molecule has 446 valence electrons. The molecule has 9 amide bonds. The third-order valence-electron chi connectivity index (χ3n) is 11.9. The van der Waals surface area contributed by atoms with E-state index in [0.717, 1.165) is 3.58 Å². The SMILES string of the molecule is C=C(/C=C(\I)CNCCCC(=O)Nc1cn(C)c(C(=O)NCCC(=O)Nc2cc(C(=O)Nc3cn(C)c(C(=O)NCCCN=C(N)N)n3)n(C)c2)n1)NC(=O)c1nc(NC(=O)CCNC(=O)c2cc(NC(=O)c3nccn3C)cn2C)cn1C. The van der Waals surface area contributed by atoms with E-state index in [9.17, 15) is 43.2 Å². The lowest BCUT2D eigenvalue weighted by molar-refractivity contribution is -0.117. The van der Waals surface area contributed by atoms with Crippen molar-refractivity contribution < 1.29 is 43.2 Å². The number of amides is 9. The molecule has 33 heteroatoms. The number of allylic oxidation sites excluding steroid dienone is 1. The quantitative estimate of drug-likeness (QED) is 0.00987. The maximum absolute atomic E-state index is 13.1. The molecule has 32 nitrogen and oxygen atoms in total. The molecular formula is C51H66IN23O9. The number of aliphatic imine (C=N–C) groups is 1. The van der Waals surface area contributed by atoms with Gasteiger partial charge < -0.3 is 92.0 Å². The number of carbonyl (C=O) groups is 9. The Hall–Kier alpha value is -9.93. The maximum atomic E-state index is 13.1. The van der Waals surface area contributed by atoms with Crippen molar-refractivity contribution in [3.63, 3.8) is 0 Å². The second-order valence-electron chi connectivity index (χ2n) is 18.8. The smallest absolute Gasteiger partial charge is 0.291 e. The molecule has 0 aliphatic carbocycles. The van der Waals surface area contributed by atoms with Crippen LogP contribution in [0.15, 0.2) is 82.4 Å². The van der Waals surface area contributed by atoms with E-state index < -0.39 is 47.3 Å². The predicted molar refractivity (Wildman–Crippen MR) is 318 cm³/mol. The number of aromatic nitrogens is 10. The van der Waals surface area contributed by atoms with Crippen LogP contribution in [0.4, 0.5) is 28.8 Å². The highest BCUT2D eigenvalue weighted by Crippen LogP contribution is 2.18. The highest BCUT2D eigenvalue weighted by molar-refractivity contribution is 14.1. The van der Waals surface area contributed by atoms with Crippen LogP contribution < -0.4 is 64.6 Å². The van der Waals surface area contributed by atoms with E-state index in [-0.39, 0.29) is 102 Å². The Morgan fingerprint density at radius 1 is 0.548 bits per heavy atom. The average molecular weight is 1270 g/mol. The third kappa shape index (κ3) is 18.6. The molecule has 0 aromatic carbocycles. The summed E-state index contributed by atoms with van der Waals surface area (Å²) in [6.07, 6.45) is 13.3. The Kier molecular flexibility index (Phi) is 22.4. The molecule has 6 aromatic rings. The molecule has 6 rings (SSSR count). The third-order valence-corrected chi connectivity index (χ3v) is 12.6. The van der Waals surface area contributed by atoms with Gasteiger partial charge in [-0.25, -0.2) is 19.9 Å². The Labute approximate surface area is 494 Å². The summed E-state index contributed by atoms with van der Waals surface area (Å²) in [6, 6.07) is 2.97. The normalized spacial score (nSPS) is 11.1. The Balaban J connectivity index is 0.828. The Morgan fingerprint density at radius 2 is 1.05 bits per heavy atom. The van der Waals surface area contributed by atoms with Crippen molar-refractivity contribution in [2.45, 2.75) is 32.1 Å². The summed E-state index contributed by atoms with van der Waals surface area (Å²) in [6.45, 7) is 5.38. The lowest BCUT2D eigenvalue weighted by atomic mass is 10.3. The minimum Gasteiger partial charge on any atom is -0.370 e. The van der Waals surface area contributed by atoms with Crippen LogP contribution in [0.1, 0.15) is 95.6 Å². The number of carbonyl (C=O) groups excluding carboxylic acids is 9. The first kappa shape index (κ1) is 63.3. The fraction of sp³-hybridized carbons (Fsp3) is 0.333. The number of anilines is 5. The topological polar surface area (TPSA) is 419 Å². The lowest BCUT2D eigenvalue weighted by Crippen LogP contribution is -2.29. The van der Waals surface area contributed by atoms with Crippen molar-refractivity contribution in [2.75, 3.05) is 65.9 Å². The number of imidazole rings is 4. The van der Waals surface area contributed by atoms with Crippen molar-refractivity contribution in [3.8, 4) is 0 Å². The minimum atomic E-state index is -0.575. The summed E-state index contributed by atoms with van der Waals surface area (Å²) < 4.78 is 9.75. The van der Waals surface area contributed by atoms with E-state index in [2.05, 4.69) is 107 Å². The number of nitrogens with two attached hydrogens (primary N) is 2. The van der Waals surface area contributed by atoms with Crippen LogP contribution in [0, 0.1) is 0 Å². The summed E-state index contributed by atoms with van der Waals surface area (Å²) in [5.74, 6) is -3.59. The van der Waals surface area contributed by atoms with Crippen molar-refractivity contribution in [1.82, 2.24) is 73.9 Å². The highest BCUT2D eigenvalue weighted by Gasteiger charge is 2.22. The fourth-order valence-electron chi connectivity index (χ4n) is 7.89. The first-order valence-corrected chi connectivity index (χ1v) is 26.9. The zero-order valence-electron chi connectivity index (χ0n) is 46.9. The van der Waals surface area contributed by atoms with Gasteiger partial charge >= 0.3 is 0 Å². The molecule has 0 spiro atoms. The van der Waals surface area contributed by atoms with Crippen LogP contribution >= 0.6 is 22.6 Å². The number of halogens is 1. The van der Waals surface area contributed by atoms with Crippen molar-refractivity contribution in [1.29, 1.82) is 0 Å². The Bertz CT molecular complexity index is 3510. The Morgan fingerprint density at radius 3 is 1.61 bits per heavy atom. The molecule has 0 radical (unpaired) electrons. The molecule has 0 saturated heterocycles. The van der Waals surface area contributed by atoms with Gasteiger partial charge in [-0.05, 0) is 60.2 Å². The van der Waals surface area contributed by atoms with Crippen LogP contribution in [0.3, 0.4) is 0 Å². The molecule has 6 heterocycles. The second-order valence-corrected chi connectivity index (χ2v) is 20.2. The fourth-order valence-corrected chi connectivity index (χ4v) is 8.54. The van der Waals surface area contributed by atoms with Crippen LogP contribution in [-0.2, 0) is 56.7 Å². The summed E-state index contributed by atoms with van der Waals surface area (Å²) in [7, 11) is 9.73. The van der Waals surface area contributed by atoms with Gasteiger partial charge in [0.05, 0.1) is 11.4 Å². The van der Waals surface area contributed by atoms with E-state index in [1.165, 1.54) is 55.2 Å². The molecule has 0 fully saturated rings. The highest BCUT2D eigenvalue weighted by atomic mass is 127. The molecule has 0 unspecified atom stereocenters. The van der Waals surface area contributed by atoms with Crippen molar-refractivity contribution >= 4 is 111 Å². The summed E-state index contributed by atoms with van der Waals surface area (Å²) in [5.41, 5.74) is 12.1. The van der Waals surface area contributed by atoms with E-state index in [1.54, 1.807) is 76.1 Å². The van der Waals surface area contributed by atoms with Crippen LogP contribution in [0.25, 0.3) is 0 Å². The molecule has 0 saturated carbocycles.